The fourth-order valence-electron chi connectivity index (χ4n) is 1.98. The molecule has 0 saturated carbocycles. The highest BCUT2D eigenvalue weighted by atomic mass is 16.4. The van der Waals surface area contributed by atoms with Crippen LogP contribution in [-0.2, 0) is 11.3 Å². The second-order valence-electron chi connectivity index (χ2n) is 4.34. The number of carbonyl (C=O) groups is 2. The Morgan fingerprint density at radius 3 is 2.94 bits per heavy atom. The monoisotopic (exact) mass is 253 g/mol. The summed E-state index contributed by atoms with van der Waals surface area (Å²) in [4.78, 5) is 24.2. The van der Waals surface area contributed by atoms with E-state index in [1.807, 2.05) is 0 Å². The maximum atomic E-state index is 12.0. The van der Waals surface area contributed by atoms with Gasteiger partial charge in [0.2, 0.25) is 0 Å². The molecule has 1 aliphatic rings. The van der Waals surface area contributed by atoms with Gasteiger partial charge in [0, 0.05) is 13.1 Å². The van der Waals surface area contributed by atoms with E-state index in [9.17, 15) is 9.59 Å². The zero-order valence-corrected chi connectivity index (χ0v) is 9.82. The largest absolute Gasteiger partial charge is 0.480 e. The van der Waals surface area contributed by atoms with E-state index < -0.39 is 5.97 Å². The van der Waals surface area contributed by atoms with Crippen LogP contribution in [0.5, 0.6) is 0 Å². The van der Waals surface area contributed by atoms with E-state index in [0.717, 1.165) is 11.1 Å². The molecule has 2 heterocycles. The number of rotatable bonds is 4. The van der Waals surface area contributed by atoms with Gasteiger partial charge in [0.15, 0.2) is 5.69 Å². The highest BCUT2D eigenvalue weighted by Crippen LogP contribution is 2.16. The molecule has 1 aliphatic heterocycles. The SMILES string of the molecule is NCC1CCN(C(=O)c2cn(CC(=O)O)nn2)C1. The molecule has 2 rings (SSSR count). The first-order valence-electron chi connectivity index (χ1n) is 5.71. The molecule has 0 aliphatic carbocycles. The molecular weight excluding hydrogens is 238 g/mol. The second-order valence-corrected chi connectivity index (χ2v) is 4.34. The Bertz CT molecular complexity index is 458. The van der Waals surface area contributed by atoms with Crippen LogP contribution in [0, 0.1) is 5.92 Å². The zero-order chi connectivity index (χ0) is 13.1. The molecule has 1 unspecified atom stereocenters. The third kappa shape index (κ3) is 2.65. The van der Waals surface area contributed by atoms with E-state index in [1.54, 1.807) is 4.90 Å². The van der Waals surface area contributed by atoms with Gasteiger partial charge in [-0.25, -0.2) is 4.68 Å². The van der Waals surface area contributed by atoms with E-state index >= 15 is 0 Å². The van der Waals surface area contributed by atoms with Crippen LogP contribution in [0.2, 0.25) is 0 Å². The molecule has 8 heteroatoms. The molecule has 1 aromatic rings. The number of aliphatic carboxylic acids is 1. The number of hydrogen-bond acceptors (Lipinski definition) is 5. The Kier molecular flexibility index (Phi) is 3.56. The molecule has 1 aromatic heterocycles. The highest BCUT2D eigenvalue weighted by molar-refractivity contribution is 5.92. The normalized spacial score (nSPS) is 19.2. The molecule has 1 amide bonds. The average Bonchev–Trinajstić information content (AvgIpc) is 2.95. The predicted octanol–water partition coefficient (Wildman–Crippen LogP) is -1.22. The van der Waals surface area contributed by atoms with E-state index in [-0.39, 0.29) is 18.1 Å². The van der Waals surface area contributed by atoms with Gasteiger partial charge >= 0.3 is 5.97 Å². The standard InChI is InChI=1S/C10H15N5O3/c11-3-7-1-2-14(4-7)10(18)8-5-15(13-12-8)6-9(16)17/h5,7H,1-4,6,11H2,(H,16,17). The Morgan fingerprint density at radius 2 is 2.33 bits per heavy atom. The zero-order valence-electron chi connectivity index (χ0n) is 9.82. The molecule has 0 spiro atoms. The molecule has 8 nitrogen and oxygen atoms in total. The number of nitrogens with zero attached hydrogens (tertiary/aromatic N) is 4. The lowest BCUT2D eigenvalue weighted by Gasteiger charge is -2.13. The van der Waals surface area contributed by atoms with Crippen molar-refractivity contribution in [2.24, 2.45) is 11.7 Å². The van der Waals surface area contributed by atoms with Crippen molar-refractivity contribution in [3.63, 3.8) is 0 Å². The van der Waals surface area contributed by atoms with Gasteiger partial charge in [-0.1, -0.05) is 5.21 Å². The number of carboxylic acids is 1. The van der Waals surface area contributed by atoms with Crippen molar-refractivity contribution in [3.05, 3.63) is 11.9 Å². The summed E-state index contributed by atoms with van der Waals surface area (Å²) in [6.45, 7) is 1.55. The summed E-state index contributed by atoms with van der Waals surface area (Å²) < 4.78 is 1.13. The predicted molar refractivity (Wildman–Crippen MR) is 60.7 cm³/mol. The maximum Gasteiger partial charge on any atom is 0.325 e. The lowest BCUT2D eigenvalue weighted by atomic mass is 10.1. The Balaban J connectivity index is 2.01. The third-order valence-electron chi connectivity index (χ3n) is 2.96. The summed E-state index contributed by atoms with van der Waals surface area (Å²) in [5, 5.41) is 15.9. The number of aromatic nitrogens is 3. The number of likely N-dealkylation sites (tertiary alicyclic amines) is 1. The van der Waals surface area contributed by atoms with Gasteiger partial charge in [0.1, 0.15) is 6.54 Å². The molecule has 18 heavy (non-hydrogen) atoms. The van der Waals surface area contributed by atoms with Crippen molar-refractivity contribution in [1.29, 1.82) is 0 Å². The van der Waals surface area contributed by atoms with Crippen molar-refractivity contribution in [1.82, 2.24) is 19.9 Å². The summed E-state index contributed by atoms with van der Waals surface area (Å²) in [5.74, 6) is -0.908. The van der Waals surface area contributed by atoms with Crippen LogP contribution in [-0.4, -0.2) is 56.5 Å². The van der Waals surface area contributed by atoms with Crippen LogP contribution in [0.15, 0.2) is 6.20 Å². The van der Waals surface area contributed by atoms with Crippen LogP contribution in [0.25, 0.3) is 0 Å². The molecule has 1 saturated heterocycles. The number of amides is 1. The van der Waals surface area contributed by atoms with Gasteiger partial charge in [0.25, 0.3) is 5.91 Å². The molecular formula is C10H15N5O3. The summed E-state index contributed by atoms with van der Waals surface area (Å²) in [6, 6.07) is 0. The van der Waals surface area contributed by atoms with Crippen LogP contribution in [0.4, 0.5) is 0 Å². The minimum Gasteiger partial charge on any atom is -0.480 e. The average molecular weight is 253 g/mol. The van der Waals surface area contributed by atoms with Crippen molar-refractivity contribution >= 4 is 11.9 Å². The van der Waals surface area contributed by atoms with Crippen molar-refractivity contribution < 1.29 is 14.7 Å². The third-order valence-corrected chi connectivity index (χ3v) is 2.96. The quantitative estimate of drug-likeness (QED) is 0.695. The van der Waals surface area contributed by atoms with Gasteiger partial charge < -0.3 is 15.7 Å². The molecule has 0 radical (unpaired) electrons. The van der Waals surface area contributed by atoms with Crippen molar-refractivity contribution in [3.8, 4) is 0 Å². The molecule has 0 aromatic carbocycles. The Hall–Kier alpha value is -1.96. The van der Waals surface area contributed by atoms with E-state index in [2.05, 4.69) is 10.3 Å². The minimum absolute atomic E-state index is 0.175. The van der Waals surface area contributed by atoms with Crippen LogP contribution in [0.3, 0.4) is 0 Å². The highest BCUT2D eigenvalue weighted by Gasteiger charge is 2.27. The van der Waals surface area contributed by atoms with E-state index in [1.165, 1.54) is 6.20 Å². The second kappa shape index (κ2) is 5.13. The van der Waals surface area contributed by atoms with Gasteiger partial charge in [0.05, 0.1) is 6.20 Å². The first kappa shape index (κ1) is 12.5. The molecule has 3 N–H and O–H groups in total. The van der Waals surface area contributed by atoms with Crippen molar-refractivity contribution in [2.45, 2.75) is 13.0 Å². The fraction of sp³-hybridized carbons (Fsp3) is 0.600. The first-order chi connectivity index (χ1) is 8.60. The fourth-order valence-corrected chi connectivity index (χ4v) is 1.98. The lowest BCUT2D eigenvalue weighted by Crippen LogP contribution is -2.30. The summed E-state index contributed by atoms with van der Waals surface area (Å²) in [5.41, 5.74) is 5.73. The molecule has 98 valence electrons. The van der Waals surface area contributed by atoms with Crippen LogP contribution < -0.4 is 5.73 Å². The summed E-state index contributed by atoms with van der Waals surface area (Å²) in [6.07, 6.45) is 2.25. The topological polar surface area (TPSA) is 114 Å². The maximum absolute atomic E-state index is 12.0. The van der Waals surface area contributed by atoms with Gasteiger partial charge in [-0.05, 0) is 18.9 Å². The number of hydrogen-bond donors (Lipinski definition) is 2. The van der Waals surface area contributed by atoms with Crippen LogP contribution in [0.1, 0.15) is 16.9 Å². The van der Waals surface area contributed by atoms with Crippen LogP contribution >= 0.6 is 0 Å². The lowest BCUT2D eigenvalue weighted by molar-refractivity contribution is -0.137. The Labute approximate surface area is 103 Å². The Morgan fingerprint density at radius 1 is 1.56 bits per heavy atom. The smallest absolute Gasteiger partial charge is 0.325 e. The molecule has 1 atom stereocenters. The number of nitrogens with two attached hydrogens (primary N) is 1. The van der Waals surface area contributed by atoms with Gasteiger partial charge in [-0.2, -0.15) is 0 Å². The minimum atomic E-state index is -1.02. The molecule has 0 bridgehead atoms. The number of carboxylic acid groups (broad SMARTS) is 1. The van der Waals surface area contributed by atoms with E-state index in [0.29, 0.717) is 25.6 Å². The first-order valence-corrected chi connectivity index (χ1v) is 5.71. The van der Waals surface area contributed by atoms with Gasteiger partial charge in [-0.15, -0.1) is 5.10 Å². The van der Waals surface area contributed by atoms with E-state index in [4.69, 9.17) is 10.8 Å². The summed E-state index contributed by atoms with van der Waals surface area (Å²) in [7, 11) is 0. The number of carbonyl (C=O) groups excluding carboxylic acids is 1. The van der Waals surface area contributed by atoms with Crippen molar-refractivity contribution in [2.75, 3.05) is 19.6 Å². The van der Waals surface area contributed by atoms with Gasteiger partial charge in [-0.3, -0.25) is 9.59 Å². The molecule has 1 fully saturated rings. The summed E-state index contributed by atoms with van der Waals surface area (Å²) >= 11 is 0.